The predicted octanol–water partition coefficient (Wildman–Crippen LogP) is 5.74. The molecule has 0 aliphatic heterocycles. The minimum absolute atomic E-state index is 0.248. The Balaban J connectivity index is 1.49. The number of aromatic nitrogens is 2. The van der Waals surface area contributed by atoms with Crippen LogP contribution in [0.3, 0.4) is 0 Å². The van der Waals surface area contributed by atoms with E-state index >= 15 is 0 Å². The molecule has 0 spiro atoms. The van der Waals surface area contributed by atoms with Gasteiger partial charge in [-0.05, 0) is 67.6 Å². The molecule has 0 aliphatic rings. The van der Waals surface area contributed by atoms with Gasteiger partial charge in [0.2, 0.25) is 10.0 Å². The van der Waals surface area contributed by atoms with E-state index in [0.29, 0.717) is 24.2 Å². The highest BCUT2D eigenvalue weighted by Crippen LogP contribution is 2.29. The molecule has 0 atom stereocenters. The second-order valence-electron chi connectivity index (χ2n) is 9.34. The van der Waals surface area contributed by atoms with E-state index in [2.05, 4.69) is 15.0 Å². The number of aryl methyl sites for hydroxylation is 4. The number of H-pyrrole nitrogens is 1. The van der Waals surface area contributed by atoms with E-state index < -0.39 is 10.0 Å². The minimum Gasteiger partial charge on any atom is -0.353 e. The maximum Gasteiger partial charge on any atom is 0.274 e. The summed E-state index contributed by atoms with van der Waals surface area (Å²) in [5.41, 5.74) is 7.43. The molecule has 8 heteroatoms. The van der Waals surface area contributed by atoms with Crippen LogP contribution in [0.5, 0.6) is 0 Å². The Bertz CT molecular complexity index is 1720. The SMILES string of the molecule is Cc1cccc(C)c1NC(=O)c1cc2c([nH]c3ccccc32)c(CCc2ccc(NS(C)(=O)=O)cc2)n1. The highest BCUT2D eigenvalue weighted by molar-refractivity contribution is 7.92. The van der Waals surface area contributed by atoms with E-state index in [1.54, 1.807) is 12.1 Å². The van der Waals surface area contributed by atoms with Crippen molar-refractivity contribution in [2.45, 2.75) is 26.7 Å². The third-order valence-electron chi connectivity index (χ3n) is 6.43. The number of anilines is 2. The van der Waals surface area contributed by atoms with Crippen LogP contribution in [-0.2, 0) is 22.9 Å². The number of aromatic amines is 1. The number of rotatable bonds is 7. The lowest BCUT2D eigenvalue weighted by atomic mass is 10.0. The Morgan fingerprint density at radius 1 is 0.892 bits per heavy atom. The maximum atomic E-state index is 13.4. The van der Waals surface area contributed by atoms with E-state index in [-0.39, 0.29) is 5.91 Å². The normalized spacial score (nSPS) is 11.6. The molecule has 0 fully saturated rings. The summed E-state index contributed by atoms with van der Waals surface area (Å²) in [5.74, 6) is -0.248. The van der Waals surface area contributed by atoms with Gasteiger partial charge in [0.05, 0.1) is 17.5 Å². The number of sulfonamides is 1. The molecular weight excluding hydrogens is 484 g/mol. The molecule has 5 rings (SSSR count). The Labute approximate surface area is 216 Å². The number of para-hydroxylation sites is 2. The van der Waals surface area contributed by atoms with E-state index in [1.165, 1.54) is 0 Å². The van der Waals surface area contributed by atoms with Crippen LogP contribution in [0.2, 0.25) is 0 Å². The summed E-state index contributed by atoms with van der Waals surface area (Å²) >= 11 is 0. The van der Waals surface area contributed by atoms with Crippen molar-refractivity contribution in [1.29, 1.82) is 0 Å². The van der Waals surface area contributed by atoms with Gasteiger partial charge in [-0.25, -0.2) is 13.4 Å². The Morgan fingerprint density at radius 2 is 1.59 bits per heavy atom. The van der Waals surface area contributed by atoms with Crippen molar-refractivity contribution in [2.24, 2.45) is 0 Å². The molecule has 1 amide bonds. The van der Waals surface area contributed by atoms with E-state index in [4.69, 9.17) is 4.98 Å². The summed E-state index contributed by atoms with van der Waals surface area (Å²) in [6, 6.07) is 23.1. The molecule has 37 heavy (non-hydrogen) atoms. The maximum absolute atomic E-state index is 13.4. The first-order valence-electron chi connectivity index (χ1n) is 12.0. The smallest absolute Gasteiger partial charge is 0.274 e. The summed E-state index contributed by atoms with van der Waals surface area (Å²) in [6.07, 6.45) is 2.41. The molecule has 0 unspecified atom stereocenters. The van der Waals surface area contributed by atoms with Crippen molar-refractivity contribution in [3.05, 3.63) is 101 Å². The molecule has 0 saturated carbocycles. The summed E-state index contributed by atoms with van der Waals surface area (Å²) in [6.45, 7) is 3.95. The molecule has 2 heterocycles. The summed E-state index contributed by atoms with van der Waals surface area (Å²) in [7, 11) is -3.33. The largest absolute Gasteiger partial charge is 0.353 e. The van der Waals surface area contributed by atoms with Gasteiger partial charge in [0.15, 0.2) is 0 Å². The van der Waals surface area contributed by atoms with E-state index in [1.807, 2.05) is 74.5 Å². The highest BCUT2D eigenvalue weighted by Gasteiger charge is 2.17. The van der Waals surface area contributed by atoms with Gasteiger partial charge in [-0.15, -0.1) is 0 Å². The number of hydrogen-bond donors (Lipinski definition) is 3. The first-order chi connectivity index (χ1) is 17.7. The number of carbonyl (C=O) groups is 1. The fraction of sp³-hybridized carbons (Fsp3) is 0.172. The minimum atomic E-state index is -3.33. The van der Waals surface area contributed by atoms with E-state index in [0.717, 1.165) is 56.1 Å². The van der Waals surface area contributed by atoms with Gasteiger partial charge < -0.3 is 10.3 Å². The zero-order chi connectivity index (χ0) is 26.2. The van der Waals surface area contributed by atoms with Gasteiger partial charge in [-0.1, -0.05) is 48.5 Å². The van der Waals surface area contributed by atoms with Crippen LogP contribution >= 0.6 is 0 Å². The van der Waals surface area contributed by atoms with Gasteiger partial charge in [-0.2, -0.15) is 0 Å². The summed E-state index contributed by atoms with van der Waals surface area (Å²) in [4.78, 5) is 21.6. The molecule has 0 aliphatic carbocycles. The summed E-state index contributed by atoms with van der Waals surface area (Å²) < 4.78 is 25.4. The van der Waals surface area contributed by atoms with Gasteiger partial charge in [-0.3, -0.25) is 9.52 Å². The Morgan fingerprint density at radius 3 is 2.30 bits per heavy atom. The van der Waals surface area contributed by atoms with Gasteiger partial charge in [0, 0.05) is 27.7 Å². The number of nitrogens with one attached hydrogen (secondary N) is 3. The quantitative estimate of drug-likeness (QED) is 0.259. The van der Waals surface area contributed by atoms with Crippen LogP contribution in [0.1, 0.15) is 32.9 Å². The number of amides is 1. The molecule has 188 valence electrons. The first kappa shape index (κ1) is 24.5. The van der Waals surface area contributed by atoms with Crippen LogP contribution in [0.25, 0.3) is 21.8 Å². The molecule has 0 bridgehead atoms. The molecular formula is C29H28N4O3S. The van der Waals surface area contributed by atoms with Gasteiger partial charge >= 0.3 is 0 Å². The van der Waals surface area contributed by atoms with Gasteiger partial charge in [0.1, 0.15) is 5.69 Å². The lowest BCUT2D eigenvalue weighted by molar-refractivity contribution is 0.102. The fourth-order valence-corrected chi connectivity index (χ4v) is 5.18. The van der Waals surface area contributed by atoms with Crippen molar-refractivity contribution in [3.63, 3.8) is 0 Å². The number of hydrogen-bond acceptors (Lipinski definition) is 4. The van der Waals surface area contributed by atoms with Crippen LogP contribution in [0.4, 0.5) is 11.4 Å². The van der Waals surface area contributed by atoms with Crippen LogP contribution in [0.15, 0.2) is 72.8 Å². The molecule has 0 radical (unpaired) electrons. The average Bonchev–Trinajstić information content (AvgIpc) is 3.23. The molecule has 0 saturated heterocycles. The predicted molar refractivity (Wildman–Crippen MR) is 150 cm³/mol. The molecule has 2 aromatic heterocycles. The molecule has 3 aromatic carbocycles. The van der Waals surface area contributed by atoms with Crippen molar-refractivity contribution in [1.82, 2.24) is 9.97 Å². The first-order valence-corrected chi connectivity index (χ1v) is 13.9. The fourth-order valence-electron chi connectivity index (χ4n) is 4.61. The Kier molecular flexibility index (Phi) is 6.43. The van der Waals surface area contributed by atoms with Crippen molar-refractivity contribution >= 4 is 49.1 Å². The lowest BCUT2D eigenvalue weighted by Gasteiger charge is -2.12. The molecule has 3 N–H and O–H groups in total. The number of benzene rings is 3. The van der Waals surface area contributed by atoms with E-state index in [9.17, 15) is 13.2 Å². The number of nitrogens with zero attached hydrogens (tertiary/aromatic N) is 1. The topological polar surface area (TPSA) is 104 Å². The number of carbonyl (C=O) groups excluding carboxylic acids is 1. The zero-order valence-electron chi connectivity index (χ0n) is 20.9. The third kappa shape index (κ3) is 5.34. The van der Waals surface area contributed by atoms with Crippen molar-refractivity contribution in [2.75, 3.05) is 16.3 Å². The van der Waals surface area contributed by atoms with Crippen LogP contribution in [0, 0.1) is 13.8 Å². The zero-order valence-corrected chi connectivity index (χ0v) is 21.7. The number of fused-ring (bicyclic) bond motifs is 3. The second kappa shape index (κ2) is 9.71. The van der Waals surface area contributed by atoms with Crippen molar-refractivity contribution < 1.29 is 13.2 Å². The third-order valence-corrected chi connectivity index (χ3v) is 7.04. The molecule has 5 aromatic rings. The summed E-state index contributed by atoms with van der Waals surface area (Å²) in [5, 5.41) is 5.06. The standard InChI is InChI=1S/C29H28N4O3S/c1-18-7-6-8-19(2)27(18)32-29(34)26-17-23-22-9-4-5-10-24(22)31-28(23)25(30-26)16-13-20-11-14-21(15-12-20)33-37(3,35)36/h4-12,14-15,17,31,33H,13,16H2,1-3H3,(H,32,34). The molecule has 7 nitrogen and oxygen atoms in total. The highest BCUT2D eigenvalue weighted by atomic mass is 32.2. The lowest BCUT2D eigenvalue weighted by Crippen LogP contribution is -2.16. The van der Waals surface area contributed by atoms with Crippen LogP contribution in [-0.4, -0.2) is 30.5 Å². The van der Waals surface area contributed by atoms with Gasteiger partial charge in [0.25, 0.3) is 5.91 Å². The number of pyridine rings is 1. The van der Waals surface area contributed by atoms with Crippen molar-refractivity contribution in [3.8, 4) is 0 Å². The Hall–Kier alpha value is -4.17. The monoisotopic (exact) mass is 512 g/mol. The second-order valence-corrected chi connectivity index (χ2v) is 11.1. The van der Waals surface area contributed by atoms with Crippen LogP contribution < -0.4 is 10.0 Å². The average molecular weight is 513 g/mol.